The number of hydrogen-bond donors (Lipinski definition) is 1. The fourth-order valence-corrected chi connectivity index (χ4v) is 6.23. The van der Waals surface area contributed by atoms with E-state index in [1.165, 1.54) is 36.6 Å². The quantitative estimate of drug-likeness (QED) is 0.442. The number of carbonyl (C=O) groups is 1. The van der Waals surface area contributed by atoms with Crippen molar-refractivity contribution in [1.29, 1.82) is 0 Å². The van der Waals surface area contributed by atoms with Crippen molar-refractivity contribution in [2.75, 3.05) is 19.7 Å². The van der Waals surface area contributed by atoms with Gasteiger partial charge >= 0.3 is 0 Å². The molecule has 7 nitrogen and oxygen atoms in total. The van der Waals surface area contributed by atoms with E-state index in [-0.39, 0.29) is 11.9 Å². The van der Waals surface area contributed by atoms with E-state index in [1.54, 1.807) is 0 Å². The SMILES string of the molecule is N[C@@H]1CCCN(C(=O)c2cc3c4c(c2)nc(-c2cc5ccccc5n2CCC2CCC2)n4CCO3)C1. The molecule has 2 fully saturated rings. The smallest absolute Gasteiger partial charge is 0.254 e. The Bertz CT molecular complexity index is 1460. The first kappa shape index (κ1) is 21.9. The third-order valence-corrected chi connectivity index (χ3v) is 8.40. The van der Waals surface area contributed by atoms with E-state index in [4.69, 9.17) is 15.5 Å². The maximum atomic E-state index is 13.4. The minimum Gasteiger partial charge on any atom is -0.489 e. The molecular formula is C29H33N5O2. The van der Waals surface area contributed by atoms with Gasteiger partial charge in [-0.15, -0.1) is 0 Å². The highest BCUT2D eigenvalue weighted by Crippen LogP contribution is 2.38. The number of imidazole rings is 1. The number of aromatic nitrogens is 3. The molecule has 186 valence electrons. The van der Waals surface area contributed by atoms with Crippen molar-refractivity contribution in [3.8, 4) is 17.3 Å². The lowest BCUT2D eigenvalue weighted by atomic mass is 9.83. The zero-order valence-corrected chi connectivity index (χ0v) is 20.7. The van der Waals surface area contributed by atoms with E-state index in [2.05, 4.69) is 39.5 Å². The molecule has 2 aliphatic heterocycles. The van der Waals surface area contributed by atoms with Crippen LogP contribution < -0.4 is 10.5 Å². The van der Waals surface area contributed by atoms with Crippen LogP contribution in [0.1, 0.15) is 48.9 Å². The van der Waals surface area contributed by atoms with Crippen molar-refractivity contribution in [3.05, 3.63) is 48.0 Å². The summed E-state index contributed by atoms with van der Waals surface area (Å²) in [7, 11) is 0. The molecule has 1 saturated carbocycles. The number of para-hydroxylation sites is 1. The van der Waals surface area contributed by atoms with Crippen molar-refractivity contribution in [1.82, 2.24) is 19.0 Å². The number of nitrogens with two attached hydrogens (primary N) is 1. The van der Waals surface area contributed by atoms with Gasteiger partial charge in [0.2, 0.25) is 0 Å². The topological polar surface area (TPSA) is 78.3 Å². The van der Waals surface area contributed by atoms with E-state index in [0.29, 0.717) is 18.7 Å². The zero-order valence-electron chi connectivity index (χ0n) is 20.7. The number of aryl methyl sites for hydroxylation is 1. The van der Waals surface area contributed by atoms with Gasteiger partial charge in [-0.05, 0) is 49.4 Å². The number of fused-ring (bicyclic) bond motifs is 1. The third kappa shape index (κ3) is 3.60. The molecule has 7 heteroatoms. The summed E-state index contributed by atoms with van der Waals surface area (Å²) in [5, 5.41) is 1.24. The lowest BCUT2D eigenvalue weighted by Gasteiger charge is -2.31. The minimum atomic E-state index is 0.0168. The fourth-order valence-electron chi connectivity index (χ4n) is 6.23. The predicted octanol–water partition coefficient (Wildman–Crippen LogP) is 4.80. The summed E-state index contributed by atoms with van der Waals surface area (Å²) >= 11 is 0. The van der Waals surface area contributed by atoms with E-state index in [1.807, 2.05) is 17.0 Å². The molecule has 3 aliphatic rings. The molecule has 4 aromatic rings. The Morgan fingerprint density at radius 1 is 1.08 bits per heavy atom. The molecule has 1 saturated heterocycles. The Morgan fingerprint density at radius 3 is 2.81 bits per heavy atom. The molecular weight excluding hydrogens is 450 g/mol. The first-order chi connectivity index (χ1) is 17.7. The average molecular weight is 484 g/mol. The van der Waals surface area contributed by atoms with Crippen molar-refractivity contribution in [3.63, 3.8) is 0 Å². The summed E-state index contributed by atoms with van der Waals surface area (Å²) in [5.74, 6) is 2.57. The summed E-state index contributed by atoms with van der Waals surface area (Å²) in [4.78, 5) is 20.4. The number of ether oxygens (including phenoxy) is 1. The molecule has 1 atom stereocenters. The van der Waals surface area contributed by atoms with Gasteiger partial charge in [0.1, 0.15) is 17.9 Å². The molecule has 0 radical (unpaired) electrons. The molecule has 2 N–H and O–H groups in total. The van der Waals surface area contributed by atoms with Gasteiger partial charge in [0.15, 0.2) is 5.82 Å². The molecule has 2 aromatic heterocycles. The summed E-state index contributed by atoms with van der Waals surface area (Å²) in [6.07, 6.45) is 7.20. The van der Waals surface area contributed by atoms with E-state index in [9.17, 15) is 4.79 Å². The number of amides is 1. The summed E-state index contributed by atoms with van der Waals surface area (Å²) in [5.41, 5.74) is 11.0. The molecule has 0 bridgehead atoms. The Hall–Kier alpha value is -3.32. The molecule has 0 unspecified atom stereocenters. The van der Waals surface area contributed by atoms with Gasteiger partial charge in [0, 0.05) is 42.1 Å². The van der Waals surface area contributed by atoms with Crippen LogP contribution in [-0.4, -0.2) is 50.7 Å². The van der Waals surface area contributed by atoms with E-state index < -0.39 is 0 Å². The van der Waals surface area contributed by atoms with Crippen LogP contribution in [0.25, 0.3) is 33.5 Å². The number of likely N-dealkylation sites (tertiary alicyclic amines) is 1. The molecule has 4 heterocycles. The van der Waals surface area contributed by atoms with Crippen LogP contribution in [0.15, 0.2) is 42.5 Å². The highest BCUT2D eigenvalue weighted by Gasteiger charge is 2.28. The van der Waals surface area contributed by atoms with Gasteiger partial charge in [-0.3, -0.25) is 4.79 Å². The first-order valence-electron chi connectivity index (χ1n) is 13.5. The molecule has 1 aliphatic carbocycles. The van der Waals surface area contributed by atoms with Crippen LogP contribution in [0.4, 0.5) is 0 Å². The Balaban J connectivity index is 1.33. The monoisotopic (exact) mass is 483 g/mol. The van der Waals surface area contributed by atoms with Crippen molar-refractivity contribution < 1.29 is 9.53 Å². The molecule has 0 spiro atoms. The number of carbonyl (C=O) groups excluding carboxylic acids is 1. The van der Waals surface area contributed by atoms with E-state index in [0.717, 1.165) is 66.7 Å². The second kappa shape index (κ2) is 8.66. The van der Waals surface area contributed by atoms with Crippen molar-refractivity contribution in [2.24, 2.45) is 11.7 Å². The van der Waals surface area contributed by atoms with Crippen LogP contribution in [0.5, 0.6) is 5.75 Å². The van der Waals surface area contributed by atoms with Gasteiger partial charge in [-0.1, -0.05) is 37.5 Å². The maximum absolute atomic E-state index is 13.4. The highest BCUT2D eigenvalue weighted by atomic mass is 16.5. The fraction of sp³-hybridized carbons (Fsp3) is 0.448. The maximum Gasteiger partial charge on any atom is 0.254 e. The summed E-state index contributed by atoms with van der Waals surface area (Å²) in [6, 6.07) is 14.8. The Kier molecular flexibility index (Phi) is 5.27. The normalized spacial score (nSPS) is 20.0. The minimum absolute atomic E-state index is 0.0168. The van der Waals surface area contributed by atoms with Crippen LogP contribution in [-0.2, 0) is 13.1 Å². The first-order valence-corrected chi connectivity index (χ1v) is 13.5. The highest BCUT2D eigenvalue weighted by molar-refractivity contribution is 6.00. The van der Waals surface area contributed by atoms with Gasteiger partial charge < -0.3 is 24.5 Å². The lowest BCUT2D eigenvalue weighted by Crippen LogP contribution is -2.45. The molecule has 2 aromatic carbocycles. The largest absolute Gasteiger partial charge is 0.489 e. The van der Waals surface area contributed by atoms with Crippen molar-refractivity contribution in [2.45, 2.75) is 57.7 Å². The Morgan fingerprint density at radius 2 is 1.97 bits per heavy atom. The van der Waals surface area contributed by atoms with Gasteiger partial charge in [0.25, 0.3) is 5.91 Å². The average Bonchev–Trinajstić information content (AvgIpc) is 3.42. The third-order valence-electron chi connectivity index (χ3n) is 8.40. The molecule has 1 amide bonds. The second-order valence-corrected chi connectivity index (χ2v) is 10.8. The van der Waals surface area contributed by atoms with E-state index >= 15 is 0 Å². The number of piperidine rings is 1. The number of benzene rings is 2. The molecule has 36 heavy (non-hydrogen) atoms. The van der Waals surface area contributed by atoms with Crippen LogP contribution in [0.2, 0.25) is 0 Å². The number of hydrogen-bond acceptors (Lipinski definition) is 4. The standard InChI is InChI=1S/C29H33N5O2/c30-22-8-4-11-32(18-22)29(35)21-15-23-27-26(17-21)36-14-13-34(27)28(31-23)25-16-20-7-1-2-9-24(20)33(25)12-10-19-5-3-6-19/h1-2,7,9,15-17,19,22H,3-6,8,10-14,18,30H2/t22-/m1/s1. The van der Waals surface area contributed by atoms with Gasteiger partial charge in [-0.25, -0.2) is 4.98 Å². The van der Waals surface area contributed by atoms with Gasteiger partial charge in [-0.2, -0.15) is 0 Å². The van der Waals surface area contributed by atoms with Gasteiger partial charge in [0.05, 0.1) is 17.8 Å². The second-order valence-electron chi connectivity index (χ2n) is 10.8. The summed E-state index contributed by atoms with van der Waals surface area (Å²) < 4.78 is 10.8. The summed E-state index contributed by atoms with van der Waals surface area (Å²) in [6.45, 7) is 3.67. The lowest BCUT2D eigenvalue weighted by molar-refractivity contribution is 0.0708. The number of nitrogens with zero attached hydrogens (tertiary/aromatic N) is 4. The van der Waals surface area contributed by atoms with Crippen LogP contribution in [0, 0.1) is 5.92 Å². The van der Waals surface area contributed by atoms with Crippen LogP contribution in [0.3, 0.4) is 0 Å². The van der Waals surface area contributed by atoms with Crippen molar-refractivity contribution >= 4 is 27.8 Å². The van der Waals surface area contributed by atoms with Crippen LogP contribution >= 0.6 is 0 Å². The molecule has 7 rings (SSSR count). The Labute approximate surface area is 210 Å². The number of rotatable bonds is 5. The zero-order chi connectivity index (χ0) is 24.2. The predicted molar refractivity (Wildman–Crippen MR) is 141 cm³/mol.